The van der Waals surface area contributed by atoms with Gasteiger partial charge < -0.3 is 5.32 Å². The number of nitrogens with one attached hydrogen (secondary N) is 1. The molecule has 6 nitrogen and oxygen atoms in total. The second kappa shape index (κ2) is 9.65. The molecule has 0 radical (unpaired) electrons. The van der Waals surface area contributed by atoms with Gasteiger partial charge in [-0.2, -0.15) is 5.26 Å². The van der Waals surface area contributed by atoms with E-state index >= 15 is 0 Å². The summed E-state index contributed by atoms with van der Waals surface area (Å²) in [5.74, 6) is 0.139. The van der Waals surface area contributed by atoms with Crippen LogP contribution in [0, 0.1) is 11.3 Å². The zero-order valence-corrected chi connectivity index (χ0v) is 18.0. The molecule has 4 rings (SSSR count). The van der Waals surface area contributed by atoms with Crippen molar-refractivity contribution in [1.29, 1.82) is 5.26 Å². The van der Waals surface area contributed by atoms with Crippen LogP contribution in [0.4, 0.5) is 0 Å². The van der Waals surface area contributed by atoms with E-state index in [2.05, 4.69) is 11.4 Å². The van der Waals surface area contributed by atoms with Gasteiger partial charge in [-0.1, -0.05) is 50.3 Å². The maximum atomic E-state index is 13.3. The lowest BCUT2D eigenvalue weighted by atomic mass is 9.95. The van der Waals surface area contributed by atoms with E-state index in [4.69, 9.17) is 10.2 Å². The first kappa shape index (κ1) is 20.9. The molecule has 0 saturated heterocycles. The van der Waals surface area contributed by atoms with Gasteiger partial charge in [0, 0.05) is 17.6 Å². The number of hydrogen-bond acceptors (Lipinski definition) is 5. The Bertz CT molecular complexity index is 1010. The number of hydrogen-bond donors (Lipinski definition) is 1. The number of carbonyl (C=O) groups excluding carboxylic acids is 1. The molecular formula is C23H28N4O2S. The highest BCUT2D eigenvalue weighted by molar-refractivity contribution is 7.99. The lowest BCUT2D eigenvalue weighted by Crippen LogP contribution is -2.36. The fourth-order valence-corrected chi connectivity index (χ4v) is 5.42. The Morgan fingerprint density at radius 3 is 2.53 bits per heavy atom. The predicted octanol–water partition coefficient (Wildman–Crippen LogP) is 4.58. The van der Waals surface area contributed by atoms with E-state index in [9.17, 15) is 9.59 Å². The van der Waals surface area contributed by atoms with Gasteiger partial charge in [0.05, 0.1) is 22.7 Å². The van der Waals surface area contributed by atoms with Crippen molar-refractivity contribution in [3.8, 4) is 6.07 Å². The summed E-state index contributed by atoms with van der Waals surface area (Å²) in [5.41, 5.74) is 1.00. The Morgan fingerprint density at radius 1 is 1.13 bits per heavy atom. The van der Waals surface area contributed by atoms with Crippen molar-refractivity contribution in [2.45, 2.75) is 81.4 Å². The highest BCUT2D eigenvalue weighted by Gasteiger charge is 2.23. The third-order valence-electron chi connectivity index (χ3n) is 6.28. The number of amides is 1. The molecule has 0 atom stereocenters. The summed E-state index contributed by atoms with van der Waals surface area (Å²) in [7, 11) is 0. The number of nitrogens with zero attached hydrogens (tertiary/aromatic N) is 3. The molecule has 2 saturated carbocycles. The molecule has 1 amide bonds. The SMILES string of the molecule is N#CCSc1nc2cc(C(=O)NC3CCCCC3)ccc2c(=O)n1C1CCCCC1. The van der Waals surface area contributed by atoms with E-state index in [1.54, 1.807) is 22.8 Å². The summed E-state index contributed by atoms with van der Waals surface area (Å²) in [5, 5.41) is 13.3. The quantitative estimate of drug-likeness (QED) is 0.561. The average Bonchev–Trinajstić information content (AvgIpc) is 2.78. The van der Waals surface area contributed by atoms with E-state index in [0.717, 1.165) is 51.4 Å². The van der Waals surface area contributed by atoms with Crippen LogP contribution in [0.3, 0.4) is 0 Å². The van der Waals surface area contributed by atoms with Crippen LogP contribution in [0.1, 0.15) is 80.6 Å². The standard InChI is InChI=1S/C23H28N4O2S/c24-13-14-30-23-26-20-15-16(21(28)25-17-7-3-1-4-8-17)11-12-19(20)22(29)27(23)18-9-5-2-6-10-18/h11-12,15,17-18H,1-10,14H2,(H,25,28). The van der Waals surface area contributed by atoms with Gasteiger partial charge in [0.2, 0.25) is 0 Å². The van der Waals surface area contributed by atoms with Crippen LogP contribution >= 0.6 is 11.8 Å². The molecule has 0 bridgehead atoms. The fraction of sp³-hybridized carbons (Fsp3) is 0.565. The van der Waals surface area contributed by atoms with E-state index in [1.807, 2.05) is 0 Å². The first-order chi connectivity index (χ1) is 14.7. The van der Waals surface area contributed by atoms with E-state index in [-0.39, 0.29) is 29.3 Å². The zero-order chi connectivity index (χ0) is 20.9. The third kappa shape index (κ3) is 4.54. The minimum atomic E-state index is -0.103. The van der Waals surface area contributed by atoms with Crippen LogP contribution in [-0.4, -0.2) is 27.3 Å². The van der Waals surface area contributed by atoms with Gasteiger partial charge >= 0.3 is 0 Å². The lowest BCUT2D eigenvalue weighted by molar-refractivity contribution is 0.0928. The Balaban J connectivity index is 1.68. The van der Waals surface area contributed by atoms with Crippen molar-refractivity contribution in [2.75, 3.05) is 5.75 Å². The minimum Gasteiger partial charge on any atom is -0.349 e. The molecule has 30 heavy (non-hydrogen) atoms. The topological polar surface area (TPSA) is 87.8 Å². The predicted molar refractivity (Wildman–Crippen MR) is 119 cm³/mol. The fourth-order valence-electron chi connectivity index (χ4n) is 4.70. The van der Waals surface area contributed by atoms with E-state index in [0.29, 0.717) is 21.6 Å². The van der Waals surface area contributed by atoms with Crippen molar-refractivity contribution in [1.82, 2.24) is 14.9 Å². The molecule has 2 aliphatic carbocycles. The molecule has 0 spiro atoms. The molecule has 1 aromatic heterocycles. The van der Waals surface area contributed by atoms with Gasteiger partial charge in [0.25, 0.3) is 11.5 Å². The number of fused-ring (bicyclic) bond motifs is 1. The summed E-state index contributed by atoms with van der Waals surface area (Å²) >= 11 is 1.30. The smallest absolute Gasteiger partial charge is 0.262 e. The third-order valence-corrected chi connectivity index (χ3v) is 7.10. The maximum absolute atomic E-state index is 13.3. The Kier molecular flexibility index (Phi) is 6.73. The second-order valence-electron chi connectivity index (χ2n) is 8.35. The summed E-state index contributed by atoms with van der Waals surface area (Å²) in [6, 6.07) is 7.69. The van der Waals surface area contributed by atoms with Gasteiger partial charge in [-0.25, -0.2) is 4.98 Å². The molecule has 1 aromatic carbocycles. The molecule has 2 fully saturated rings. The number of aromatic nitrogens is 2. The number of thioether (sulfide) groups is 1. The zero-order valence-electron chi connectivity index (χ0n) is 17.2. The summed E-state index contributed by atoms with van der Waals surface area (Å²) in [6.45, 7) is 0. The van der Waals surface area contributed by atoms with Crippen molar-refractivity contribution in [3.05, 3.63) is 34.1 Å². The summed E-state index contributed by atoms with van der Waals surface area (Å²) in [6.07, 6.45) is 11.0. The van der Waals surface area contributed by atoms with Gasteiger partial charge in [-0.15, -0.1) is 0 Å². The van der Waals surface area contributed by atoms with Crippen LogP contribution in [0.15, 0.2) is 28.2 Å². The monoisotopic (exact) mass is 424 g/mol. The molecule has 1 N–H and O–H groups in total. The van der Waals surface area contributed by atoms with Gasteiger partial charge in [0.15, 0.2) is 5.16 Å². The number of rotatable bonds is 5. The molecule has 7 heteroatoms. The van der Waals surface area contributed by atoms with E-state index in [1.165, 1.54) is 24.6 Å². The van der Waals surface area contributed by atoms with Crippen LogP contribution in [0.25, 0.3) is 10.9 Å². The van der Waals surface area contributed by atoms with E-state index < -0.39 is 0 Å². The largest absolute Gasteiger partial charge is 0.349 e. The highest BCUT2D eigenvalue weighted by atomic mass is 32.2. The molecule has 158 valence electrons. The molecule has 1 heterocycles. The second-order valence-corrected chi connectivity index (χ2v) is 9.29. The van der Waals surface area contributed by atoms with Crippen LogP contribution < -0.4 is 10.9 Å². The van der Waals surface area contributed by atoms with Crippen LogP contribution in [-0.2, 0) is 0 Å². The number of benzene rings is 1. The highest BCUT2D eigenvalue weighted by Crippen LogP contribution is 2.31. The molecule has 0 unspecified atom stereocenters. The molecular weight excluding hydrogens is 396 g/mol. The Hall–Kier alpha value is -2.33. The van der Waals surface area contributed by atoms with Gasteiger partial charge in [0.1, 0.15) is 0 Å². The molecule has 0 aliphatic heterocycles. The summed E-state index contributed by atoms with van der Waals surface area (Å²) < 4.78 is 1.80. The van der Waals surface area contributed by atoms with Crippen LogP contribution in [0.5, 0.6) is 0 Å². The Labute approximate surface area is 181 Å². The first-order valence-corrected chi connectivity index (χ1v) is 12.0. The van der Waals surface area contributed by atoms with Crippen LogP contribution in [0.2, 0.25) is 0 Å². The number of nitriles is 1. The molecule has 2 aromatic rings. The van der Waals surface area contributed by atoms with Crippen molar-refractivity contribution in [2.24, 2.45) is 0 Å². The summed E-state index contributed by atoms with van der Waals surface area (Å²) in [4.78, 5) is 30.8. The van der Waals surface area contributed by atoms with Gasteiger partial charge in [-0.05, 0) is 43.9 Å². The van der Waals surface area contributed by atoms with Crippen molar-refractivity contribution >= 4 is 28.6 Å². The van der Waals surface area contributed by atoms with Crippen molar-refractivity contribution < 1.29 is 4.79 Å². The van der Waals surface area contributed by atoms with Crippen molar-refractivity contribution in [3.63, 3.8) is 0 Å². The normalized spacial score (nSPS) is 18.2. The Morgan fingerprint density at radius 2 is 1.83 bits per heavy atom. The number of carbonyl (C=O) groups is 1. The lowest BCUT2D eigenvalue weighted by Gasteiger charge is -2.26. The van der Waals surface area contributed by atoms with Gasteiger partial charge in [-0.3, -0.25) is 14.2 Å². The average molecular weight is 425 g/mol. The minimum absolute atomic E-state index is 0.0634. The molecule has 2 aliphatic rings. The maximum Gasteiger partial charge on any atom is 0.262 e. The first-order valence-electron chi connectivity index (χ1n) is 11.0.